The summed E-state index contributed by atoms with van der Waals surface area (Å²) in [5.41, 5.74) is 7.94. The summed E-state index contributed by atoms with van der Waals surface area (Å²) in [5.74, 6) is -2.67. The molecule has 36 heavy (non-hydrogen) atoms. The van der Waals surface area contributed by atoms with E-state index in [-0.39, 0.29) is 24.5 Å². The molecule has 2 aromatic rings. The van der Waals surface area contributed by atoms with Crippen LogP contribution in [0.25, 0.3) is 10.9 Å². The molecule has 0 aliphatic rings. The van der Waals surface area contributed by atoms with E-state index in [1.165, 1.54) is 11.8 Å². The second-order valence-electron chi connectivity index (χ2n) is 8.83. The van der Waals surface area contributed by atoms with Crippen molar-refractivity contribution >= 4 is 59.0 Å². The normalized spacial score (nSPS) is 14.6. The zero-order valence-corrected chi connectivity index (χ0v) is 22.3. The number of amides is 3. The molecule has 1 aromatic carbocycles. The maximum Gasteiger partial charge on any atom is 0.326 e. The number of carbonyl (C=O) groups is 4. The Hall–Kier alpha value is -2.70. The van der Waals surface area contributed by atoms with Crippen molar-refractivity contribution in [3.63, 3.8) is 0 Å². The maximum absolute atomic E-state index is 12.9. The SMILES string of the molecule is CSCCC(NC(=O)C(CS)NC(=O)C(N)Cc1c[nH]c2ccccc12)C(=O)NC(C(=O)O)C(C)C. The molecule has 0 spiro atoms. The maximum atomic E-state index is 12.9. The first-order valence-corrected chi connectivity index (χ1v) is 13.7. The lowest BCUT2D eigenvalue weighted by Gasteiger charge is -2.25. The van der Waals surface area contributed by atoms with Crippen LogP contribution in [0.1, 0.15) is 25.8 Å². The van der Waals surface area contributed by atoms with Crippen molar-refractivity contribution in [3.8, 4) is 0 Å². The third-order valence-corrected chi connectivity index (χ3v) is 6.75. The van der Waals surface area contributed by atoms with E-state index < -0.39 is 47.9 Å². The Morgan fingerprint density at radius 3 is 2.31 bits per heavy atom. The first-order valence-electron chi connectivity index (χ1n) is 11.6. The molecule has 2 rings (SSSR count). The zero-order valence-electron chi connectivity index (χ0n) is 20.6. The number of thiol groups is 1. The summed E-state index contributed by atoms with van der Waals surface area (Å²) < 4.78 is 0. The van der Waals surface area contributed by atoms with Crippen LogP contribution in [0.2, 0.25) is 0 Å². The number of carboxylic acid groups (broad SMARTS) is 1. The molecule has 0 saturated heterocycles. The lowest BCUT2D eigenvalue weighted by atomic mass is 10.0. The number of aliphatic carboxylic acids is 1. The fraction of sp³-hybridized carbons (Fsp3) is 0.500. The number of thioether (sulfide) groups is 1. The van der Waals surface area contributed by atoms with E-state index in [9.17, 15) is 24.3 Å². The van der Waals surface area contributed by atoms with Crippen LogP contribution in [-0.2, 0) is 25.6 Å². The number of nitrogens with two attached hydrogens (primary N) is 1. The lowest BCUT2D eigenvalue weighted by Crippen LogP contribution is -2.58. The first kappa shape index (κ1) is 29.5. The van der Waals surface area contributed by atoms with Gasteiger partial charge in [-0.3, -0.25) is 14.4 Å². The summed E-state index contributed by atoms with van der Waals surface area (Å²) in [5, 5.41) is 18.1. The summed E-state index contributed by atoms with van der Waals surface area (Å²) in [7, 11) is 0. The highest BCUT2D eigenvalue weighted by Gasteiger charge is 2.30. The van der Waals surface area contributed by atoms with Crippen LogP contribution in [0.3, 0.4) is 0 Å². The van der Waals surface area contributed by atoms with Gasteiger partial charge in [0.2, 0.25) is 17.7 Å². The molecule has 10 nitrogen and oxygen atoms in total. The summed E-state index contributed by atoms with van der Waals surface area (Å²) in [6, 6.07) is 3.67. The highest BCUT2D eigenvalue weighted by atomic mass is 32.2. The van der Waals surface area contributed by atoms with E-state index in [1.807, 2.05) is 30.5 Å². The van der Waals surface area contributed by atoms with Crippen LogP contribution in [0.5, 0.6) is 0 Å². The Balaban J connectivity index is 2.03. The number of carboxylic acids is 1. The second kappa shape index (κ2) is 14.1. The van der Waals surface area contributed by atoms with Crippen LogP contribution in [0, 0.1) is 5.92 Å². The quantitative estimate of drug-likeness (QED) is 0.176. The van der Waals surface area contributed by atoms with E-state index in [0.717, 1.165) is 16.5 Å². The average molecular weight is 538 g/mol. The van der Waals surface area contributed by atoms with Gasteiger partial charge in [-0.25, -0.2) is 4.79 Å². The van der Waals surface area contributed by atoms with Crippen LogP contribution >= 0.6 is 24.4 Å². The lowest BCUT2D eigenvalue weighted by molar-refractivity contribution is -0.143. The molecule has 0 radical (unpaired) electrons. The second-order valence-corrected chi connectivity index (χ2v) is 10.2. The summed E-state index contributed by atoms with van der Waals surface area (Å²) >= 11 is 5.67. The van der Waals surface area contributed by atoms with Gasteiger partial charge in [-0.15, -0.1) is 0 Å². The van der Waals surface area contributed by atoms with E-state index in [1.54, 1.807) is 20.0 Å². The molecule has 0 aliphatic carbocycles. The number of hydrogen-bond acceptors (Lipinski definition) is 7. The highest BCUT2D eigenvalue weighted by molar-refractivity contribution is 7.98. The predicted molar refractivity (Wildman–Crippen MR) is 145 cm³/mol. The average Bonchev–Trinajstić information content (AvgIpc) is 3.25. The number of rotatable bonds is 14. The predicted octanol–water partition coefficient (Wildman–Crippen LogP) is 0.916. The molecule has 7 N–H and O–H groups in total. The van der Waals surface area contributed by atoms with Gasteiger partial charge in [-0.05, 0) is 42.4 Å². The third-order valence-electron chi connectivity index (χ3n) is 5.74. The van der Waals surface area contributed by atoms with Crippen molar-refractivity contribution in [2.45, 2.75) is 50.9 Å². The summed E-state index contributed by atoms with van der Waals surface area (Å²) in [4.78, 5) is 53.1. The van der Waals surface area contributed by atoms with Gasteiger partial charge in [0, 0.05) is 22.9 Å². The van der Waals surface area contributed by atoms with Crippen molar-refractivity contribution in [2.24, 2.45) is 11.7 Å². The van der Waals surface area contributed by atoms with Crippen molar-refractivity contribution in [1.29, 1.82) is 0 Å². The molecule has 0 aliphatic heterocycles. The van der Waals surface area contributed by atoms with Gasteiger partial charge in [0.05, 0.1) is 6.04 Å². The van der Waals surface area contributed by atoms with Crippen molar-refractivity contribution in [1.82, 2.24) is 20.9 Å². The molecule has 0 bridgehead atoms. The van der Waals surface area contributed by atoms with E-state index >= 15 is 0 Å². The van der Waals surface area contributed by atoms with Crippen LogP contribution < -0.4 is 21.7 Å². The Morgan fingerprint density at radius 1 is 1.06 bits per heavy atom. The van der Waals surface area contributed by atoms with Gasteiger partial charge in [0.1, 0.15) is 18.1 Å². The van der Waals surface area contributed by atoms with Gasteiger partial charge in [0.25, 0.3) is 0 Å². The standard InChI is InChI=1S/C24H35N5O5S2/c1-13(2)20(24(33)34)29-22(31)18(8-9-36-3)27-23(32)19(12-35)28-21(30)16(25)10-14-11-26-17-7-5-4-6-15(14)17/h4-7,11,13,16,18-20,26,35H,8-10,12,25H2,1-3H3,(H,27,32)(H,28,30)(H,29,31)(H,33,34). The van der Waals surface area contributed by atoms with Gasteiger partial charge in [-0.2, -0.15) is 24.4 Å². The van der Waals surface area contributed by atoms with Crippen LogP contribution in [-0.4, -0.2) is 75.7 Å². The minimum absolute atomic E-state index is 0.0159. The number of para-hydroxylation sites is 1. The van der Waals surface area contributed by atoms with Crippen molar-refractivity contribution < 1.29 is 24.3 Å². The van der Waals surface area contributed by atoms with Gasteiger partial charge in [-0.1, -0.05) is 32.0 Å². The summed E-state index contributed by atoms with van der Waals surface area (Å²) in [6.45, 7) is 3.36. The van der Waals surface area contributed by atoms with E-state index in [2.05, 4.69) is 33.6 Å². The number of H-pyrrole nitrogens is 1. The molecule has 0 saturated carbocycles. The molecule has 1 heterocycles. The number of aromatic nitrogens is 1. The molecule has 4 atom stereocenters. The number of aromatic amines is 1. The smallest absolute Gasteiger partial charge is 0.326 e. The number of benzene rings is 1. The Morgan fingerprint density at radius 2 is 1.69 bits per heavy atom. The Bertz CT molecular complexity index is 1060. The Kier molecular flexibility index (Phi) is 11.6. The van der Waals surface area contributed by atoms with Gasteiger partial charge < -0.3 is 31.8 Å². The topological polar surface area (TPSA) is 166 Å². The minimum atomic E-state index is -1.15. The number of fused-ring (bicyclic) bond motifs is 1. The zero-order chi connectivity index (χ0) is 26.8. The van der Waals surface area contributed by atoms with Gasteiger partial charge >= 0.3 is 5.97 Å². The minimum Gasteiger partial charge on any atom is -0.480 e. The molecule has 12 heteroatoms. The molecular formula is C24H35N5O5S2. The highest BCUT2D eigenvalue weighted by Crippen LogP contribution is 2.18. The third kappa shape index (κ3) is 8.17. The van der Waals surface area contributed by atoms with Crippen LogP contribution in [0.4, 0.5) is 0 Å². The number of hydrogen-bond donors (Lipinski definition) is 7. The molecule has 1 aromatic heterocycles. The fourth-order valence-corrected chi connectivity index (χ4v) is 4.38. The molecule has 0 fully saturated rings. The number of carbonyl (C=O) groups excluding carboxylic acids is 3. The Labute approximate surface area is 220 Å². The fourth-order valence-electron chi connectivity index (χ4n) is 3.65. The first-order chi connectivity index (χ1) is 17.1. The molecule has 4 unspecified atom stereocenters. The monoisotopic (exact) mass is 537 g/mol. The molecule has 3 amide bonds. The number of nitrogens with one attached hydrogen (secondary N) is 4. The van der Waals surface area contributed by atoms with E-state index in [0.29, 0.717) is 5.75 Å². The van der Waals surface area contributed by atoms with Gasteiger partial charge in [0.15, 0.2) is 0 Å². The molecular weight excluding hydrogens is 502 g/mol. The largest absolute Gasteiger partial charge is 0.480 e. The van der Waals surface area contributed by atoms with Crippen molar-refractivity contribution in [2.75, 3.05) is 17.8 Å². The summed E-state index contributed by atoms with van der Waals surface area (Å²) in [6.07, 6.45) is 4.21. The van der Waals surface area contributed by atoms with Crippen LogP contribution in [0.15, 0.2) is 30.5 Å². The van der Waals surface area contributed by atoms with Crippen molar-refractivity contribution in [3.05, 3.63) is 36.0 Å². The molecule has 198 valence electrons. The van der Waals surface area contributed by atoms with E-state index in [4.69, 9.17) is 5.73 Å².